The first-order valence-corrected chi connectivity index (χ1v) is 5.27. The number of Topliss-reactive ketones (excluding diaryl/α,β-unsaturated/α-hetero) is 1. The van der Waals surface area contributed by atoms with Crippen molar-refractivity contribution in [2.75, 3.05) is 0 Å². The molecule has 0 spiro atoms. The first-order valence-electron chi connectivity index (χ1n) is 5.27. The van der Waals surface area contributed by atoms with Gasteiger partial charge in [-0.05, 0) is 31.6 Å². The molecule has 2 rings (SSSR count). The number of carbonyl (C=O) groups is 1. The maximum Gasteiger partial charge on any atom is 0.139 e. The predicted molar refractivity (Wildman–Crippen MR) is 48.9 cm³/mol. The maximum atomic E-state index is 11.8. The van der Waals surface area contributed by atoms with Crippen LogP contribution in [0.1, 0.15) is 51.9 Å². The van der Waals surface area contributed by atoms with E-state index in [0.29, 0.717) is 5.78 Å². The van der Waals surface area contributed by atoms with Gasteiger partial charge in [-0.15, -0.1) is 0 Å². The lowest BCUT2D eigenvalue weighted by Gasteiger charge is -2.43. The van der Waals surface area contributed by atoms with Crippen LogP contribution in [0.2, 0.25) is 0 Å². The fourth-order valence-electron chi connectivity index (χ4n) is 3.03. The van der Waals surface area contributed by atoms with Crippen molar-refractivity contribution < 1.29 is 4.79 Å². The number of hydrogen-bond acceptors (Lipinski definition) is 1. The van der Waals surface area contributed by atoms with Gasteiger partial charge in [0.25, 0.3) is 0 Å². The maximum absolute atomic E-state index is 11.8. The van der Waals surface area contributed by atoms with E-state index in [1.165, 1.54) is 25.7 Å². The van der Waals surface area contributed by atoms with Gasteiger partial charge in [0.15, 0.2) is 0 Å². The highest BCUT2D eigenvalue weighted by Gasteiger charge is 2.43. The summed E-state index contributed by atoms with van der Waals surface area (Å²) in [5.74, 6) is 1.28. The largest absolute Gasteiger partial charge is 0.299 e. The third-order valence-corrected chi connectivity index (χ3v) is 3.99. The molecule has 0 aromatic rings. The summed E-state index contributed by atoms with van der Waals surface area (Å²) in [6.45, 7) is 2.21. The molecule has 0 aromatic carbocycles. The minimum Gasteiger partial charge on any atom is -0.299 e. The average Bonchev–Trinajstić information content (AvgIpc) is 2.07. The Hall–Kier alpha value is -0.330. The predicted octanol–water partition coefficient (Wildman–Crippen LogP) is 2.94. The molecule has 0 aliphatic heterocycles. The van der Waals surface area contributed by atoms with Crippen LogP contribution in [0, 0.1) is 11.3 Å². The Morgan fingerprint density at radius 1 is 1.25 bits per heavy atom. The molecule has 2 aliphatic rings. The Morgan fingerprint density at radius 2 is 2.00 bits per heavy atom. The van der Waals surface area contributed by atoms with E-state index in [2.05, 4.69) is 6.92 Å². The fraction of sp³-hybridized carbons (Fsp3) is 0.909. The zero-order valence-corrected chi connectivity index (χ0v) is 7.94. The summed E-state index contributed by atoms with van der Waals surface area (Å²) in [6, 6.07) is 0. The monoisotopic (exact) mass is 166 g/mol. The van der Waals surface area contributed by atoms with Gasteiger partial charge in [0, 0.05) is 11.8 Å². The van der Waals surface area contributed by atoms with E-state index < -0.39 is 0 Å². The van der Waals surface area contributed by atoms with Crippen molar-refractivity contribution in [2.24, 2.45) is 11.3 Å². The quantitative estimate of drug-likeness (QED) is 0.540. The first kappa shape index (κ1) is 8.28. The van der Waals surface area contributed by atoms with E-state index in [-0.39, 0.29) is 5.41 Å². The first-order chi connectivity index (χ1) is 5.73. The standard InChI is InChI=1S/C11H18O/c1-11-8-3-2-5-9(11)6-4-7-10(11)12/h9H,2-8H2,1H3/t9-,11+/m0/s1. The molecule has 2 atom stereocenters. The summed E-state index contributed by atoms with van der Waals surface area (Å²) < 4.78 is 0. The third-order valence-electron chi connectivity index (χ3n) is 3.99. The molecule has 0 unspecified atom stereocenters. The molecule has 2 aliphatic carbocycles. The van der Waals surface area contributed by atoms with Crippen molar-refractivity contribution in [1.82, 2.24) is 0 Å². The molecule has 12 heavy (non-hydrogen) atoms. The molecular weight excluding hydrogens is 148 g/mol. The molecule has 2 fully saturated rings. The SMILES string of the molecule is C[C@@]12CCCC[C@H]1CCCC2=O. The summed E-state index contributed by atoms with van der Waals surface area (Å²) in [5.41, 5.74) is 0.0938. The number of fused-ring (bicyclic) bond motifs is 1. The van der Waals surface area contributed by atoms with Crippen molar-refractivity contribution in [3.63, 3.8) is 0 Å². The third kappa shape index (κ3) is 1.10. The molecule has 0 amide bonds. The van der Waals surface area contributed by atoms with E-state index in [1.807, 2.05) is 0 Å². The van der Waals surface area contributed by atoms with E-state index in [1.54, 1.807) is 0 Å². The van der Waals surface area contributed by atoms with Gasteiger partial charge >= 0.3 is 0 Å². The van der Waals surface area contributed by atoms with Crippen LogP contribution in [0.25, 0.3) is 0 Å². The minimum atomic E-state index is 0.0938. The highest BCUT2D eigenvalue weighted by Crippen LogP contribution is 2.47. The smallest absolute Gasteiger partial charge is 0.139 e. The van der Waals surface area contributed by atoms with Crippen LogP contribution in [0.3, 0.4) is 0 Å². The van der Waals surface area contributed by atoms with Gasteiger partial charge in [-0.1, -0.05) is 19.8 Å². The van der Waals surface area contributed by atoms with Crippen LogP contribution in [-0.2, 0) is 4.79 Å². The second-order valence-corrected chi connectivity index (χ2v) is 4.68. The summed E-state index contributed by atoms with van der Waals surface area (Å²) in [7, 11) is 0. The van der Waals surface area contributed by atoms with Gasteiger partial charge < -0.3 is 0 Å². The Bertz CT molecular complexity index is 195. The molecule has 1 heteroatoms. The lowest BCUT2D eigenvalue weighted by atomic mass is 9.60. The highest BCUT2D eigenvalue weighted by molar-refractivity contribution is 5.85. The molecule has 0 N–H and O–H groups in total. The van der Waals surface area contributed by atoms with Crippen LogP contribution in [0.4, 0.5) is 0 Å². The summed E-state index contributed by atoms with van der Waals surface area (Å²) in [4.78, 5) is 11.8. The van der Waals surface area contributed by atoms with Crippen molar-refractivity contribution in [2.45, 2.75) is 51.9 Å². The van der Waals surface area contributed by atoms with Gasteiger partial charge in [-0.3, -0.25) is 4.79 Å². The normalized spacial score (nSPS) is 42.4. The Labute approximate surface area is 74.5 Å². The van der Waals surface area contributed by atoms with E-state index in [9.17, 15) is 4.79 Å². The molecule has 0 bridgehead atoms. The average molecular weight is 166 g/mol. The zero-order chi connectivity index (χ0) is 8.60. The summed E-state index contributed by atoms with van der Waals surface area (Å²) in [5, 5.41) is 0. The van der Waals surface area contributed by atoms with Crippen molar-refractivity contribution in [3.8, 4) is 0 Å². The lowest BCUT2D eigenvalue weighted by Crippen LogP contribution is -2.41. The molecule has 0 heterocycles. The fourth-order valence-corrected chi connectivity index (χ4v) is 3.03. The van der Waals surface area contributed by atoms with Crippen LogP contribution in [0.5, 0.6) is 0 Å². The van der Waals surface area contributed by atoms with Gasteiger partial charge in [0.05, 0.1) is 0 Å². The minimum absolute atomic E-state index is 0.0938. The molecule has 0 saturated heterocycles. The van der Waals surface area contributed by atoms with Gasteiger partial charge in [0.2, 0.25) is 0 Å². The molecule has 0 radical (unpaired) electrons. The van der Waals surface area contributed by atoms with Gasteiger partial charge in [0.1, 0.15) is 5.78 Å². The lowest BCUT2D eigenvalue weighted by molar-refractivity contribution is -0.136. The second-order valence-electron chi connectivity index (χ2n) is 4.68. The second kappa shape index (κ2) is 2.86. The Kier molecular flexibility index (Phi) is 1.97. The van der Waals surface area contributed by atoms with E-state index in [4.69, 9.17) is 0 Å². The van der Waals surface area contributed by atoms with E-state index >= 15 is 0 Å². The number of carbonyl (C=O) groups excluding carboxylic acids is 1. The van der Waals surface area contributed by atoms with Crippen molar-refractivity contribution in [3.05, 3.63) is 0 Å². The van der Waals surface area contributed by atoms with Crippen molar-refractivity contribution in [1.29, 1.82) is 0 Å². The van der Waals surface area contributed by atoms with Crippen LogP contribution in [-0.4, -0.2) is 5.78 Å². The summed E-state index contributed by atoms with van der Waals surface area (Å²) in [6.07, 6.45) is 8.42. The van der Waals surface area contributed by atoms with Crippen LogP contribution >= 0.6 is 0 Å². The number of rotatable bonds is 0. The van der Waals surface area contributed by atoms with Crippen LogP contribution < -0.4 is 0 Å². The molecule has 1 nitrogen and oxygen atoms in total. The molecule has 2 saturated carbocycles. The van der Waals surface area contributed by atoms with Gasteiger partial charge in [-0.2, -0.15) is 0 Å². The van der Waals surface area contributed by atoms with Crippen LogP contribution in [0.15, 0.2) is 0 Å². The van der Waals surface area contributed by atoms with Crippen molar-refractivity contribution >= 4 is 5.78 Å². The zero-order valence-electron chi connectivity index (χ0n) is 7.94. The van der Waals surface area contributed by atoms with Gasteiger partial charge in [-0.25, -0.2) is 0 Å². The Morgan fingerprint density at radius 3 is 2.75 bits per heavy atom. The molecule has 68 valence electrons. The number of hydrogen-bond donors (Lipinski definition) is 0. The Balaban J connectivity index is 2.20. The van der Waals surface area contributed by atoms with E-state index in [0.717, 1.165) is 25.2 Å². The summed E-state index contributed by atoms with van der Waals surface area (Å²) >= 11 is 0. The number of ketones is 1. The highest BCUT2D eigenvalue weighted by atomic mass is 16.1. The molecular formula is C11H18O. The topological polar surface area (TPSA) is 17.1 Å². The molecule has 0 aromatic heterocycles.